The van der Waals surface area contributed by atoms with E-state index in [2.05, 4.69) is 69.3 Å². The van der Waals surface area contributed by atoms with Crippen molar-refractivity contribution in [2.45, 2.75) is 19.9 Å². The molecule has 2 aromatic heterocycles. The second kappa shape index (κ2) is 8.45. The number of nitrogens with zero attached hydrogens (tertiary/aromatic N) is 2. The lowest BCUT2D eigenvalue weighted by molar-refractivity contribution is 0.802. The topological polar surface area (TPSA) is 49.3 Å². The van der Waals surface area contributed by atoms with Gasteiger partial charge in [0.15, 0.2) is 5.96 Å². The van der Waals surface area contributed by atoms with Crippen molar-refractivity contribution in [2.24, 2.45) is 4.99 Å². The van der Waals surface area contributed by atoms with Crippen molar-refractivity contribution in [3.63, 3.8) is 0 Å². The van der Waals surface area contributed by atoms with Gasteiger partial charge in [0, 0.05) is 29.5 Å². The zero-order valence-corrected chi connectivity index (χ0v) is 14.6. The van der Waals surface area contributed by atoms with Gasteiger partial charge in [0.2, 0.25) is 0 Å². The van der Waals surface area contributed by atoms with Crippen molar-refractivity contribution in [3.05, 3.63) is 64.5 Å². The molecule has 1 aromatic carbocycles. The van der Waals surface area contributed by atoms with E-state index in [1.807, 2.05) is 12.3 Å². The Morgan fingerprint density at radius 3 is 2.88 bits per heavy atom. The second-order valence-corrected chi connectivity index (χ2v) is 6.48. The Balaban J connectivity index is 1.61. The summed E-state index contributed by atoms with van der Waals surface area (Å²) < 4.78 is 0. The van der Waals surface area contributed by atoms with E-state index >= 15 is 0 Å². The lowest BCUT2D eigenvalue weighted by Crippen LogP contribution is -2.38. The number of fused-ring (bicyclic) bond motifs is 1. The fourth-order valence-electron chi connectivity index (χ4n) is 2.59. The summed E-state index contributed by atoms with van der Waals surface area (Å²) in [4.78, 5) is 10.4. The number of nitrogens with one attached hydrogen (secondary N) is 2. The quantitative estimate of drug-likeness (QED) is 0.533. The van der Waals surface area contributed by atoms with Crippen molar-refractivity contribution in [3.8, 4) is 0 Å². The number of aliphatic imine (C=N–C) groups is 1. The Hall–Kier alpha value is -2.40. The predicted molar refractivity (Wildman–Crippen MR) is 103 cm³/mol. The van der Waals surface area contributed by atoms with Gasteiger partial charge in [-0.2, -0.15) is 0 Å². The van der Waals surface area contributed by atoms with Crippen LogP contribution in [-0.4, -0.2) is 24.0 Å². The highest BCUT2D eigenvalue weighted by molar-refractivity contribution is 7.09. The molecule has 4 nitrogen and oxygen atoms in total. The molecule has 0 aliphatic rings. The maximum atomic E-state index is 4.64. The van der Waals surface area contributed by atoms with E-state index in [0.29, 0.717) is 6.54 Å². The molecule has 3 aromatic rings. The highest BCUT2D eigenvalue weighted by Crippen LogP contribution is 2.16. The molecular formula is C19H22N4S. The Bertz CT molecular complexity index is 791. The van der Waals surface area contributed by atoms with Crippen LogP contribution in [0.25, 0.3) is 10.9 Å². The first-order valence-corrected chi connectivity index (χ1v) is 9.12. The Morgan fingerprint density at radius 1 is 1.12 bits per heavy atom. The highest BCUT2D eigenvalue weighted by atomic mass is 32.1. The number of guanidine groups is 1. The highest BCUT2D eigenvalue weighted by Gasteiger charge is 2.03. The van der Waals surface area contributed by atoms with Crippen molar-refractivity contribution < 1.29 is 0 Å². The Labute approximate surface area is 146 Å². The summed E-state index contributed by atoms with van der Waals surface area (Å²) in [6.45, 7) is 4.47. The summed E-state index contributed by atoms with van der Waals surface area (Å²) >= 11 is 1.73. The molecule has 0 fully saturated rings. The molecule has 0 saturated heterocycles. The summed E-state index contributed by atoms with van der Waals surface area (Å²) in [5.41, 5.74) is 2.34. The third kappa shape index (κ3) is 4.32. The van der Waals surface area contributed by atoms with Gasteiger partial charge in [-0.25, -0.2) is 4.99 Å². The monoisotopic (exact) mass is 338 g/mol. The number of rotatable bonds is 6. The van der Waals surface area contributed by atoms with Crippen LogP contribution in [-0.2, 0) is 13.0 Å². The maximum absolute atomic E-state index is 4.64. The van der Waals surface area contributed by atoms with Gasteiger partial charge in [-0.1, -0.05) is 30.3 Å². The zero-order chi connectivity index (χ0) is 16.6. The number of pyridine rings is 1. The number of benzene rings is 1. The van der Waals surface area contributed by atoms with E-state index in [4.69, 9.17) is 0 Å². The van der Waals surface area contributed by atoms with Crippen LogP contribution in [0.3, 0.4) is 0 Å². The van der Waals surface area contributed by atoms with Gasteiger partial charge in [-0.3, -0.25) is 4.98 Å². The molecule has 0 radical (unpaired) electrons. The van der Waals surface area contributed by atoms with E-state index in [1.165, 1.54) is 15.8 Å². The average Bonchev–Trinajstić information content (AvgIpc) is 3.13. The van der Waals surface area contributed by atoms with Crippen LogP contribution in [0, 0.1) is 0 Å². The van der Waals surface area contributed by atoms with Crippen LogP contribution < -0.4 is 10.6 Å². The molecule has 0 unspecified atom stereocenters. The molecule has 5 heteroatoms. The molecule has 0 bridgehead atoms. The van der Waals surface area contributed by atoms with Crippen molar-refractivity contribution in [2.75, 3.05) is 13.1 Å². The van der Waals surface area contributed by atoms with Gasteiger partial charge in [0.05, 0.1) is 12.1 Å². The van der Waals surface area contributed by atoms with Gasteiger partial charge in [-0.05, 0) is 36.4 Å². The minimum atomic E-state index is 0.711. The summed E-state index contributed by atoms with van der Waals surface area (Å²) in [5.74, 6) is 0.860. The molecule has 2 N–H and O–H groups in total. The predicted octanol–water partition coefficient (Wildman–Crippen LogP) is 3.59. The van der Waals surface area contributed by atoms with E-state index in [9.17, 15) is 0 Å². The molecule has 0 aliphatic carbocycles. The largest absolute Gasteiger partial charge is 0.357 e. The van der Waals surface area contributed by atoms with Crippen LogP contribution in [0.4, 0.5) is 0 Å². The SMILES string of the molecule is CCNC(=NCc1cccs1)NCCc1cccc2cccnc12. The number of aromatic nitrogens is 1. The normalized spacial score (nSPS) is 11.6. The first-order valence-electron chi connectivity index (χ1n) is 8.24. The Kier molecular flexibility index (Phi) is 5.80. The average molecular weight is 338 g/mol. The first kappa shape index (κ1) is 16.5. The summed E-state index contributed by atoms with van der Waals surface area (Å²) in [6, 6.07) is 14.6. The molecule has 24 heavy (non-hydrogen) atoms. The molecule has 0 atom stereocenters. The lowest BCUT2D eigenvalue weighted by Gasteiger charge is -2.12. The van der Waals surface area contributed by atoms with E-state index in [0.717, 1.165) is 31.0 Å². The summed E-state index contributed by atoms with van der Waals surface area (Å²) in [6.07, 6.45) is 2.77. The third-order valence-electron chi connectivity index (χ3n) is 3.72. The molecule has 0 saturated carbocycles. The lowest BCUT2D eigenvalue weighted by atomic mass is 10.1. The second-order valence-electron chi connectivity index (χ2n) is 5.44. The number of hydrogen-bond donors (Lipinski definition) is 2. The smallest absolute Gasteiger partial charge is 0.191 e. The standard InChI is InChI=1S/C19H22N4S/c1-2-20-19(23-14-17-9-5-13-24-17)22-12-10-16-7-3-6-15-8-4-11-21-18(15)16/h3-9,11,13H,2,10,12,14H2,1H3,(H2,20,22,23). The molecule has 0 amide bonds. The number of thiophene rings is 1. The van der Waals surface area contributed by atoms with Crippen molar-refractivity contribution in [1.82, 2.24) is 15.6 Å². The van der Waals surface area contributed by atoms with Gasteiger partial charge in [-0.15, -0.1) is 11.3 Å². The van der Waals surface area contributed by atoms with Crippen molar-refractivity contribution >= 4 is 28.2 Å². The van der Waals surface area contributed by atoms with E-state index < -0.39 is 0 Å². The fourth-order valence-corrected chi connectivity index (χ4v) is 3.21. The summed E-state index contributed by atoms with van der Waals surface area (Å²) in [5, 5.41) is 9.98. The van der Waals surface area contributed by atoms with Crippen LogP contribution >= 0.6 is 11.3 Å². The molecule has 0 spiro atoms. The molecule has 0 aliphatic heterocycles. The van der Waals surface area contributed by atoms with Gasteiger partial charge in [0.1, 0.15) is 0 Å². The molecule has 124 valence electrons. The van der Waals surface area contributed by atoms with Crippen LogP contribution in [0.2, 0.25) is 0 Å². The van der Waals surface area contributed by atoms with Crippen LogP contribution in [0.15, 0.2) is 59.0 Å². The van der Waals surface area contributed by atoms with Crippen molar-refractivity contribution in [1.29, 1.82) is 0 Å². The number of para-hydroxylation sites is 1. The maximum Gasteiger partial charge on any atom is 0.191 e. The van der Waals surface area contributed by atoms with Gasteiger partial charge in [0.25, 0.3) is 0 Å². The van der Waals surface area contributed by atoms with Crippen LogP contribution in [0.5, 0.6) is 0 Å². The van der Waals surface area contributed by atoms with Gasteiger partial charge < -0.3 is 10.6 Å². The molecule has 3 rings (SSSR count). The first-order chi connectivity index (χ1) is 11.9. The van der Waals surface area contributed by atoms with E-state index in [-0.39, 0.29) is 0 Å². The van der Waals surface area contributed by atoms with E-state index in [1.54, 1.807) is 11.3 Å². The van der Waals surface area contributed by atoms with Crippen LogP contribution in [0.1, 0.15) is 17.4 Å². The molecule has 2 heterocycles. The third-order valence-corrected chi connectivity index (χ3v) is 4.58. The zero-order valence-electron chi connectivity index (χ0n) is 13.8. The van der Waals surface area contributed by atoms with Gasteiger partial charge >= 0.3 is 0 Å². The Morgan fingerprint density at radius 2 is 2.04 bits per heavy atom. The fraction of sp³-hybridized carbons (Fsp3) is 0.263. The molecular weight excluding hydrogens is 316 g/mol. The number of hydrogen-bond acceptors (Lipinski definition) is 3. The minimum absolute atomic E-state index is 0.711. The minimum Gasteiger partial charge on any atom is -0.357 e. The summed E-state index contributed by atoms with van der Waals surface area (Å²) in [7, 11) is 0.